The Labute approximate surface area is 345 Å². The van der Waals surface area contributed by atoms with Crippen molar-refractivity contribution in [2.75, 3.05) is 25.5 Å². The van der Waals surface area contributed by atoms with E-state index in [1.807, 2.05) is 50.2 Å². The molecule has 0 spiro atoms. The Hall–Kier alpha value is -5.25. The molecular formula is C43H55N7O8S. The van der Waals surface area contributed by atoms with Gasteiger partial charge in [-0.3, -0.25) is 28.7 Å². The average Bonchev–Trinajstić information content (AvgIpc) is 4.09. The van der Waals surface area contributed by atoms with Crippen molar-refractivity contribution in [3.05, 3.63) is 76.6 Å². The molecule has 3 aromatic rings. The van der Waals surface area contributed by atoms with E-state index in [-0.39, 0.29) is 49.2 Å². The predicted octanol–water partition coefficient (Wildman–Crippen LogP) is 3.52. The van der Waals surface area contributed by atoms with Crippen LogP contribution in [-0.4, -0.2) is 95.8 Å². The summed E-state index contributed by atoms with van der Waals surface area (Å²) in [6.07, 6.45) is 6.08. The van der Waals surface area contributed by atoms with Crippen molar-refractivity contribution in [1.29, 1.82) is 0 Å². The third-order valence-corrected chi connectivity index (χ3v) is 14.8. The highest BCUT2D eigenvalue weighted by atomic mass is 32.2. The molecule has 0 radical (unpaired) electrons. The van der Waals surface area contributed by atoms with Gasteiger partial charge < -0.3 is 25.2 Å². The highest BCUT2D eigenvalue weighted by Gasteiger charge is 2.63. The minimum atomic E-state index is -4.02. The van der Waals surface area contributed by atoms with Gasteiger partial charge in [-0.2, -0.15) is 0 Å². The fourth-order valence-electron chi connectivity index (χ4n) is 8.40. The fraction of sp³-hybridized carbons (Fsp3) is 0.535. The predicted molar refractivity (Wildman–Crippen MR) is 223 cm³/mol. The van der Waals surface area contributed by atoms with Gasteiger partial charge in [0.05, 0.1) is 22.1 Å². The van der Waals surface area contributed by atoms with Gasteiger partial charge in [-0.15, -0.1) is 5.10 Å². The number of aromatic nitrogens is 2. The molecule has 1 saturated heterocycles. The molecule has 59 heavy (non-hydrogen) atoms. The zero-order chi connectivity index (χ0) is 42.4. The van der Waals surface area contributed by atoms with Crippen LogP contribution in [0.2, 0.25) is 0 Å². The molecule has 7 atom stereocenters. The van der Waals surface area contributed by atoms with Gasteiger partial charge in [0, 0.05) is 44.2 Å². The number of nitrogens with zero attached hydrogens (tertiary/aromatic N) is 4. The summed E-state index contributed by atoms with van der Waals surface area (Å²) >= 11 is 0. The molecule has 316 valence electrons. The van der Waals surface area contributed by atoms with Crippen LogP contribution in [0.15, 0.2) is 65.5 Å². The zero-order valence-corrected chi connectivity index (χ0v) is 35.4. The lowest BCUT2D eigenvalue weighted by Gasteiger charge is -2.33. The van der Waals surface area contributed by atoms with Crippen LogP contribution in [0.3, 0.4) is 0 Å². The summed E-state index contributed by atoms with van der Waals surface area (Å²) in [4.78, 5) is 74.0. The maximum absolute atomic E-state index is 15.0. The molecule has 2 aromatic carbocycles. The second-order valence-corrected chi connectivity index (χ2v) is 19.5. The Bertz CT molecular complexity index is 2340. The number of amides is 4. The second kappa shape index (κ2) is 16.1. The van der Waals surface area contributed by atoms with Gasteiger partial charge in [0.2, 0.25) is 27.7 Å². The van der Waals surface area contributed by atoms with Gasteiger partial charge in [0.15, 0.2) is 0 Å². The van der Waals surface area contributed by atoms with Crippen molar-refractivity contribution >= 4 is 50.1 Å². The van der Waals surface area contributed by atoms with Crippen LogP contribution in [0, 0.1) is 17.8 Å². The van der Waals surface area contributed by atoms with E-state index < -0.39 is 68.0 Å². The minimum Gasteiger partial charge on any atom is -0.471 e. The van der Waals surface area contributed by atoms with Crippen LogP contribution >= 0.6 is 0 Å². The van der Waals surface area contributed by atoms with E-state index in [9.17, 15) is 27.6 Å². The first kappa shape index (κ1) is 41.9. The number of ether oxygens (including phenoxy) is 1. The van der Waals surface area contributed by atoms with Crippen LogP contribution in [0.25, 0.3) is 10.8 Å². The van der Waals surface area contributed by atoms with Crippen molar-refractivity contribution in [2.24, 2.45) is 17.8 Å². The maximum Gasteiger partial charge on any atom is 0.274 e. The van der Waals surface area contributed by atoms with Crippen LogP contribution in [0.5, 0.6) is 5.88 Å². The van der Waals surface area contributed by atoms with Crippen molar-refractivity contribution in [2.45, 2.75) is 108 Å². The van der Waals surface area contributed by atoms with Crippen LogP contribution in [0.4, 0.5) is 5.69 Å². The van der Waals surface area contributed by atoms with Gasteiger partial charge in [-0.05, 0) is 101 Å². The number of hydrogen-bond acceptors (Lipinski definition) is 10. The third-order valence-electron chi connectivity index (χ3n) is 12.6. The second-order valence-electron chi connectivity index (χ2n) is 17.3. The SMILES string of the molecule is CCn1nc(O[C@@H]2C[C@H]3C(=O)N[C@]4(C(=O)NS(=O)(=O)C5(C)CC5)C[C@@H]4/C=C\CC[C@H](C)C[C@@H](C)[C@H](NC(=O)c4ccc(N(C)C)cc4)C(=O)N3C2)c2ccccc2c1=O. The largest absolute Gasteiger partial charge is 0.471 e. The molecule has 7 rings (SSSR count). The molecule has 3 heterocycles. The molecule has 2 saturated carbocycles. The molecule has 2 aliphatic carbocycles. The summed E-state index contributed by atoms with van der Waals surface area (Å²) in [5.74, 6) is -2.91. The highest BCUT2D eigenvalue weighted by molar-refractivity contribution is 7.91. The average molecular weight is 830 g/mol. The van der Waals surface area contributed by atoms with Crippen molar-refractivity contribution in [3.63, 3.8) is 0 Å². The van der Waals surface area contributed by atoms with E-state index in [1.165, 1.54) is 9.58 Å². The summed E-state index contributed by atoms with van der Waals surface area (Å²) in [6.45, 7) is 7.59. The lowest BCUT2D eigenvalue weighted by Crippen LogP contribution is -2.59. The number of sulfonamides is 1. The molecule has 1 aromatic heterocycles. The molecular weight excluding hydrogens is 775 g/mol. The number of carbonyl (C=O) groups is 4. The summed E-state index contributed by atoms with van der Waals surface area (Å²) in [6, 6.07) is 11.8. The summed E-state index contributed by atoms with van der Waals surface area (Å²) in [5.41, 5.74) is -0.565. The van der Waals surface area contributed by atoms with E-state index in [2.05, 4.69) is 27.4 Å². The Morgan fingerprint density at radius 1 is 1.02 bits per heavy atom. The normalized spacial score (nSPS) is 28.5. The quantitative estimate of drug-likeness (QED) is 0.270. The Morgan fingerprint density at radius 2 is 1.71 bits per heavy atom. The van der Waals surface area contributed by atoms with Crippen LogP contribution < -0.4 is 30.6 Å². The van der Waals surface area contributed by atoms with E-state index in [0.717, 1.165) is 12.1 Å². The van der Waals surface area contributed by atoms with Crippen molar-refractivity contribution < 1.29 is 32.3 Å². The topological polar surface area (TPSA) is 189 Å². The maximum atomic E-state index is 15.0. The van der Waals surface area contributed by atoms with Crippen LogP contribution in [0.1, 0.15) is 83.0 Å². The number of nitrogens with one attached hydrogen (secondary N) is 3. The van der Waals surface area contributed by atoms with E-state index in [0.29, 0.717) is 42.0 Å². The lowest BCUT2D eigenvalue weighted by molar-refractivity contribution is -0.142. The number of fused-ring (bicyclic) bond motifs is 3. The Kier molecular flexibility index (Phi) is 11.4. The van der Waals surface area contributed by atoms with Gasteiger partial charge in [-0.25, -0.2) is 13.1 Å². The molecule has 2 aliphatic heterocycles. The number of anilines is 1. The van der Waals surface area contributed by atoms with Crippen LogP contribution in [-0.2, 0) is 31.0 Å². The smallest absolute Gasteiger partial charge is 0.274 e. The standard InChI is InChI=1S/C43H55N7O8S/c1-7-50-39(53)33-15-11-10-14-32(33)38(46-50)58-31-23-34-37(52)45-43(41(55)47-59(56,57)42(4)20-21-42)24-29(43)13-9-8-12-26(2)22-27(3)35(40(54)49(34)25-31)44-36(51)28-16-18-30(19-17-28)48(5)6/h9-11,13-19,26-27,29,31,34-35H,7-8,12,20-25H2,1-6H3,(H,44,51)(H,45,52)(H,47,55)/b13-9-/t26-,27+,29-,31+,34-,35-,43+/m0/s1. The number of rotatable bonds is 9. The first-order valence-electron chi connectivity index (χ1n) is 20.6. The molecule has 15 nitrogen and oxygen atoms in total. The molecule has 16 heteroatoms. The number of aryl methyl sites for hydroxylation is 1. The minimum absolute atomic E-state index is 0.00907. The first-order chi connectivity index (χ1) is 28.0. The first-order valence-corrected chi connectivity index (χ1v) is 22.1. The molecule has 0 unspecified atom stereocenters. The molecule has 3 fully saturated rings. The third kappa shape index (κ3) is 8.32. The molecule has 3 N–H and O–H groups in total. The summed E-state index contributed by atoms with van der Waals surface area (Å²) < 4.78 is 35.5. The molecule has 4 aliphatic rings. The van der Waals surface area contributed by atoms with Gasteiger partial charge in [0.25, 0.3) is 17.4 Å². The van der Waals surface area contributed by atoms with Crippen molar-refractivity contribution in [3.8, 4) is 5.88 Å². The van der Waals surface area contributed by atoms with E-state index in [1.54, 1.807) is 50.2 Å². The summed E-state index contributed by atoms with van der Waals surface area (Å²) in [5, 5.41) is 11.3. The lowest BCUT2D eigenvalue weighted by atomic mass is 9.87. The van der Waals surface area contributed by atoms with Gasteiger partial charge in [-0.1, -0.05) is 38.1 Å². The Morgan fingerprint density at radius 3 is 2.37 bits per heavy atom. The zero-order valence-electron chi connectivity index (χ0n) is 34.6. The molecule has 0 bridgehead atoms. The number of benzene rings is 2. The molecule has 4 amide bonds. The van der Waals surface area contributed by atoms with Gasteiger partial charge >= 0.3 is 0 Å². The number of allylic oxidation sites excluding steroid dienone is 1. The number of hydrogen-bond donors (Lipinski definition) is 3. The van der Waals surface area contributed by atoms with E-state index >= 15 is 4.79 Å². The number of carbonyl (C=O) groups excluding carboxylic acids is 4. The van der Waals surface area contributed by atoms with E-state index in [4.69, 9.17) is 4.74 Å². The fourth-order valence-corrected chi connectivity index (χ4v) is 9.71. The van der Waals surface area contributed by atoms with Gasteiger partial charge in [0.1, 0.15) is 23.7 Å². The summed E-state index contributed by atoms with van der Waals surface area (Å²) in [7, 11) is -0.224. The monoisotopic (exact) mass is 829 g/mol. The highest BCUT2D eigenvalue weighted by Crippen LogP contribution is 2.47. The van der Waals surface area contributed by atoms with Crippen molar-refractivity contribution in [1.82, 2.24) is 30.0 Å². The Balaban J connectivity index is 1.25.